The summed E-state index contributed by atoms with van der Waals surface area (Å²) in [6, 6.07) is 7.13. The fourth-order valence-corrected chi connectivity index (χ4v) is 1.49. The first-order valence-corrected chi connectivity index (χ1v) is 5.27. The van der Waals surface area contributed by atoms with Gasteiger partial charge in [0.2, 0.25) is 0 Å². The van der Waals surface area contributed by atoms with E-state index in [9.17, 15) is 9.59 Å². The SMILES string of the molecule is CCC(=O)CC(=O)Cc1cccc(Cl)c1. The van der Waals surface area contributed by atoms with Gasteiger partial charge in [-0.05, 0) is 17.7 Å². The zero-order valence-electron chi connectivity index (χ0n) is 8.63. The maximum absolute atomic E-state index is 11.4. The van der Waals surface area contributed by atoms with Crippen LogP contribution in [0.25, 0.3) is 0 Å². The van der Waals surface area contributed by atoms with Gasteiger partial charge in [0.25, 0.3) is 0 Å². The molecule has 0 bridgehead atoms. The lowest BCUT2D eigenvalue weighted by Gasteiger charge is -2.00. The van der Waals surface area contributed by atoms with Crippen molar-refractivity contribution in [2.24, 2.45) is 0 Å². The second-order valence-electron chi connectivity index (χ2n) is 3.41. The lowest BCUT2D eigenvalue weighted by atomic mass is 10.0. The minimum absolute atomic E-state index is 0.0120. The average Bonchev–Trinajstić information content (AvgIpc) is 2.17. The van der Waals surface area contributed by atoms with Crippen molar-refractivity contribution in [1.29, 1.82) is 0 Å². The van der Waals surface area contributed by atoms with Crippen LogP contribution in [-0.2, 0) is 16.0 Å². The molecule has 1 aromatic rings. The number of rotatable bonds is 5. The number of hydrogen-bond donors (Lipinski definition) is 0. The van der Waals surface area contributed by atoms with E-state index in [-0.39, 0.29) is 24.4 Å². The van der Waals surface area contributed by atoms with Crippen LogP contribution in [0.4, 0.5) is 0 Å². The van der Waals surface area contributed by atoms with Crippen LogP contribution in [0.15, 0.2) is 24.3 Å². The molecule has 0 spiro atoms. The van der Waals surface area contributed by atoms with Gasteiger partial charge in [-0.25, -0.2) is 0 Å². The van der Waals surface area contributed by atoms with Gasteiger partial charge < -0.3 is 0 Å². The minimum atomic E-state index is -0.0517. The molecule has 3 heteroatoms. The van der Waals surface area contributed by atoms with E-state index in [1.54, 1.807) is 25.1 Å². The molecule has 0 aliphatic carbocycles. The number of carbonyl (C=O) groups is 2. The Morgan fingerprint density at radius 3 is 2.60 bits per heavy atom. The van der Waals surface area contributed by atoms with Gasteiger partial charge in [-0.1, -0.05) is 30.7 Å². The third-order valence-corrected chi connectivity index (χ3v) is 2.31. The Morgan fingerprint density at radius 1 is 1.27 bits per heavy atom. The first-order valence-electron chi connectivity index (χ1n) is 4.89. The Labute approximate surface area is 94.2 Å². The van der Waals surface area contributed by atoms with Gasteiger partial charge in [-0.2, -0.15) is 0 Å². The molecule has 0 amide bonds. The molecule has 0 fully saturated rings. The molecule has 0 heterocycles. The summed E-state index contributed by atoms with van der Waals surface area (Å²) >= 11 is 5.78. The van der Waals surface area contributed by atoms with E-state index in [2.05, 4.69) is 0 Å². The molecule has 0 saturated carbocycles. The Kier molecular flexibility index (Phi) is 4.50. The van der Waals surface area contributed by atoms with Crippen LogP contribution >= 0.6 is 11.6 Å². The van der Waals surface area contributed by atoms with Crippen molar-refractivity contribution < 1.29 is 9.59 Å². The van der Waals surface area contributed by atoms with Gasteiger partial charge in [0.15, 0.2) is 0 Å². The van der Waals surface area contributed by atoms with Crippen molar-refractivity contribution in [2.75, 3.05) is 0 Å². The average molecular weight is 225 g/mol. The Balaban J connectivity index is 2.55. The van der Waals surface area contributed by atoms with E-state index in [4.69, 9.17) is 11.6 Å². The summed E-state index contributed by atoms with van der Waals surface area (Å²) in [7, 11) is 0. The lowest BCUT2D eigenvalue weighted by Crippen LogP contribution is -2.09. The van der Waals surface area contributed by atoms with E-state index < -0.39 is 0 Å². The molecule has 0 unspecified atom stereocenters. The fraction of sp³-hybridized carbons (Fsp3) is 0.333. The third kappa shape index (κ3) is 4.26. The standard InChI is InChI=1S/C12H13ClO2/c1-2-11(14)8-12(15)7-9-4-3-5-10(13)6-9/h3-6H,2,7-8H2,1H3. The predicted molar refractivity (Wildman–Crippen MR) is 60.1 cm³/mol. The molecule has 1 aromatic carbocycles. The van der Waals surface area contributed by atoms with Crippen molar-refractivity contribution in [3.8, 4) is 0 Å². The van der Waals surface area contributed by atoms with Gasteiger partial charge in [0, 0.05) is 17.9 Å². The largest absolute Gasteiger partial charge is 0.299 e. The second-order valence-corrected chi connectivity index (χ2v) is 3.85. The van der Waals surface area contributed by atoms with Gasteiger partial charge in [-0.3, -0.25) is 9.59 Å². The van der Waals surface area contributed by atoms with Crippen molar-refractivity contribution >= 4 is 23.2 Å². The van der Waals surface area contributed by atoms with E-state index in [0.717, 1.165) is 5.56 Å². The molecular weight excluding hydrogens is 212 g/mol. The zero-order chi connectivity index (χ0) is 11.3. The van der Waals surface area contributed by atoms with E-state index in [1.165, 1.54) is 0 Å². The van der Waals surface area contributed by atoms with Gasteiger partial charge >= 0.3 is 0 Å². The van der Waals surface area contributed by atoms with Crippen LogP contribution in [0.3, 0.4) is 0 Å². The maximum atomic E-state index is 11.4. The number of carbonyl (C=O) groups excluding carboxylic acids is 2. The molecule has 2 nitrogen and oxygen atoms in total. The van der Waals surface area contributed by atoms with Crippen molar-refractivity contribution in [1.82, 2.24) is 0 Å². The van der Waals surface area contributed by atoms with Gasteiger partial charge in [-0.15, -0.1) is 0 Å². The van der Waals surface area contributed by atoms with Crippen LogP contribution in [0.2, 0.25) is 5.02 Å². The number of Topliss-reactive ketones (excluding diaryl/α,β-unsaturated/α-hetero) is 2. The lowest BCUT2D eigenvalue weighted by molar-refractivity contribution is -0.126. The smallest absolute Gasteiger partial charge is 0.144 e. The van der Waals surface area contributed by atoms with Crippen LogP contribution in [0.5, 0.6) is 0 Å². The molecule has 0 N–H and O–H groups in total. The quantitative estimate of drug-likeness (QED) is 0.721. The maximum Gasteiger partial charge on any atom is 0.144 e. The molecule has 1 rings (SSSR count). The summed E-state index contributed by atoms with van der Waals surface area (Å²) in [6.45, 7) is 1.76. The fourth-order valence-electron chi connectivity index (χ4n) is 1.28. The molecule has 80 valence electrons. The molecule has 0 atom stereocenters. The first kappa shape index (κ1) is 11.9. The topological polar surface area (TPSA) is 34.1 Å². The van der Waals surface area contributed by atoms with Gasteiger partial charge in [0.1, 0.15) is 11.6 Å². The number of hydrogen-bond acceptors (Lipinski definition) is 2. The summed E-state index contributed by atoms with van der Waals surface area (Å²) in [4.78, 5) is 22.5. The Bertz CT molecular complexity index is 372. The van der Waals surface area contributed by atoms with Crippen molar-refractivity contribution in [2.45, 2.75) is 26.2 Å². The van der Waals surface area contributed by atoms with E-state index in [0.29, 0.717) is 11.4 Å². The zero-order valence-corrected chi connectivity index (χ0v) is 9.38. The molecule has 0 aliphatic heterocycles. The van der Waals surface area contributed by atoms with Crippen LogP contribution in [0.1, 0.15) is 25.3 Å². The van der Waals surface area contributed by atoms with Crippen LogP contribution in [-0.4, -0.2) is 11.6 Å². The molecule has 0 aliphatic rings. The second kappa shape index (κ2) is 5.66. The summed E-state index contributed by atoms with van der Waals surface area (Å²) in [6.07, 6.45) is 0.733. The highest BCUT2D eigenvalue weighted by atomic mass is 35.5. The van der Waals surface area contributed by atoms with E-state index in [1.807, 2.05) is 6.07 Å². The van der Waals surface area contributed by atoms with Gasteiger partial charge in [0.05, 0.1) is 6.42 Å². The highest BCUT2D eigenvalue weighted by Crippen LogP contribution is 2.11. The number of ketones is 2. The summed E-state index contributed by atoms with van der Waals surface area (Å²) in [5, 5.41) is 0.613. The Hall–Kier alpha value is -1.15. The first-order chi connectivity index (χ1) is 7.11. The monoisotopic (exact) mass is 224 g/mol. The minimum Gasteiger partial charge on any atom is -0.299 e. The van der Waals surface area contributed by atoms with Crippen molar-refractivity contribution in [3.63, 3.8) is 0 Å². The molecule has 0 radical (unpaired) electrons. The molecule has 0 saturated heterocycles. The normalized spacial score (nSPS) is 10.0. The predicted octanol–water partition coefficient (Wildman–Crippen LogP) is 2.82. The van der Waals surface area contributed by atoms with Crippen LogP contribution in [0, 0.1) is 0 Å². The third-order valence-electron chi connectivity index (χ3n) is 2.08. The van der Waals surface area contributed by atoms with E-state index >= 15 is 0 Å². The molecule has 0 aromatic heterocycles. The number of benzene rings is 1. The summed E-state index contributed by atoms with van der Waals surface area (Å²) in [5.41, 5.74) is 0.858. The molecule has 15 heavy (non-hydrogen) atoms. The highest BCUT2D eigenvalue weighted by molar-refractivity contribution is 6.30. The number of halogens is 1. The summed E-state index contributed by atoms with van der Waals surface area (Å²) < 4.78 is 0. The summed E-state index contributed by atoms with van der Waals surface area (Å²) in [5.74, 6) is -0.0638. The highest BCUT2D eigenvalue weighted by Gasteiger charge is 2.08. The van der Waals surface area contributed by atoms with Crippen LogP contribution < -0.4 is 0 Å². The van der Waals surface area contributed by atoms with Crippen molar-refractivity contribution in [3.05, 3.63) is 34.9 Å². The Morgan fingerprint density at radius 2 is 2.00 bits per heavy atom. The molecular formula is C12H13ClO2.